The van der Waals surface area contributed by atoms with Crippen molar-refractivity contribution in [2.45, 2.75) is 19.9 Å². The van der Waals surface area contributed by atoms with Crippen LogP contribution in [0.25, 0.3) is 0 Å². The molecule has 0 fully saturated rings. The smallest absolute Gasteiger partial charge is 0.0663 e. The fourth-order valence-electron chi connectivity index (χ4n) is 1.65. The normalized spacial score (nSPS) is 12.7. The number of pyridine rings is 1. The molecule has 0 aliphatic rings. The highest BCUT2D eigenvalue weighted by atomic mass is 32.1. The molecule has 2 heterocycles. The summed E-state index contributed by atoms with van der Waals surface area (Å²) in [5.74, 6) is 0. The van der Waals surface area contributed by atoms with E-state index in [0.717, 1.165) is 17.0 Å². The summed E-state index contributed by atoms with van der Waals surface area (Å²) >= 11 is 1.69. The van der Waals surface area contributed by atoms with Crippen LogP contribution in [0.1, 0.15) is 27.9 Å². The summed E-state index contributed by atoms with van der Waals surface area (Å²) in [4.78, 5) is 5.61. The molecule has 2 rings (SSSR count). The molecule has 1 atom stereocenters. The summed E-state index contributed by atoms with van der Waals surface area (Å²) in [5.41, 5.74) is 9.36. The molecule has 0 bridgehead atoms. The van der Waals surface area contributed by atoms with E-state index in [0.29, 0.717) is 0 Å². The van der Waals surface area contributed by atoms with Crippen LogP contribution in [-0.4, -0.2) is 4.98 Å². The predicted molar refractivity (Wildman–Crippen MR) is 64.1 cm³/mol. The Morgan fingerprint density at radius 1 is 1.27 bits per heavy atom. The van der Waals surface area contributed by atoms with Crippen LogP contribution in [0, 0.1) is 13.8 Å². The van der Waals surface area contributed by atoms with Crippen molar-refractivity contribution in [3.8, 4) is 0 Å². The van der Waals surface area contributed by atoms with E-state index in [1.807, 2.05) is 31.4 Å². The van der Waals surface area contributed by atoms with Crippen LogP contribution in [0.5, 0.6) is 0 Å². The fourth-order valence-corrected chi connectivity index (χ4v) is 2.39. The molecule has 15 heavy (non-hydrogen) atoms. The van der Waals surface area contributed by atoms with Crippen molar-refractivity contribution >= 4 is 11.3 Å². The van der Waals surface area contributed by atoms with Crippen LogP contribution >= 0.6 is 11.3 Å². The Labute approximate surface area is 93.8 Å². The standard InChI is InChI=1S/C12H14N2S/c1-8-5-6-10(9(2)14-8)12(13)11-4-3-7-15-11/h3-7,12H,13H2,1-2H3. The molecule has 3 heteroatoms. The van der Waals surface area contributed by atoms with Gasteiger partial charge < -0.3 is 5.73 Å². The van der Waals surface area contributed by atoms with Gasteiger partial charge in [0.2, 0.25) is 0 Å². The van der Waals surface area contributed by atoms with Crippen LogP contribution in [-0.2, 0) is 0 Å². The first-order valence-electron chi connectivity index (χ1n) is 4.91. The number of aromatic nitrogens is 1. The van der Waals surface area contributed by atoms with Crippen molar-refractivity contribution in [2.24, 2.45) is 5.73 Å². The Kier molecular flexibility index (Phi) is 2.84. The van der Waals surface area contributed by atoms with Gasteiger partial charge in [-0.1, -0.05) is 12.1 Å². The molecular weight excluding hydrogens is 204 g/mol. The number of nitrogens with zero attached hydrogens (tertiary/aromatic N) is 1. The van der Waals surface area contributed by atoms with Gasteiger partial charge in [-0.05, 0) is 36.9 Å². The van der Waals surface area contributed by atoms with E-state index < -0.39 is 0 Å². The molecular formula is C12H14N2S. The molecule has 0 amide bonds. The van der Waals surface area contributed by atoms with E-state index in [-0.39, 0.29) is 6.04 Å². The van der Waals surface area contributed by atoms with Crippen molar-refractivity contribution in [2.75, 3.05) is 0 Å². The zero-order valence-electron chi connectivity index (χ0n) is 8.90. The summed E-state index contributed by atoms with van der Waals surface area (Å²) < 4.78 is 0. The lowest BCUT2D eigenvalue weighted by atomic mass is 10.0. The molecule has 0 saturated carbocycles. The summed E-state index contributed by atoms with van der Waals surface area (Å²) in [6.45, 7) is 4.00. The zero-order chi connectivity index (χ0) is 10.8. The van der Waals surface area contributed by atoms with E-state index in [9.17, 15) is 0 Å². The molecule has 1 unspecified atom stereocenters. The van der Waals surface area contributed by atoms with Crippen molar-refractivity contribution in [1.82, 2.24) is 4.98 Å². The minimum Gasteiger partial charge on any atom is -0.320 e. The summed E-state index contributed by atoms with van der Waals surface area (Å²) in [6, 6.07) is 8.13. The molecule has 0 spiro atoms. The number of rotatable bonds is 2. The highest BCUT2D eigenvalue weighted by Gasteiger charge is 2.12. The average Bonchev–Trinajstić information content (AvgIpc) is 2.69. The summed E-state index contributed by atoms with van der Waals surface area (Å²) in [6.07, 6.45) is 0. The first-order chi connectivity index (χ1) is 7.18. The molecule has 78 valence electrons. The van der Waals surface area contributed by atoms with E-state index in [4.69, 9.17) is 5.73 Å². The lowest BCUT2D eigenvalue weighted by Gasteiger charge is -2.12. The Balaban J connectivity index is 2.38. The number of thiophene rings is 1. The first-order valence-corrected chi connectivity index (χ1v) is 5.79. The minimum atomic E-state index is -0.0434. The van der Waals surface area contributed by atoms with Gasteiger partial charge in [0.1, 0.15) is 0 Å². The Hall–Kier alpha value is -1.19. The summed E-state index contributed by atoms with van der Waals surface area (Å²) in [7, 11) is 0. The molecule has 0 aliphatic heterocycles. The minimum absolute atomic E-state index is 0.0434. The van der Waals surface area contributed by atoms with Gasteiger partial charge in [0.15, 0.2) is 0 Å². The average molecular weight is 218 g/mol. The molecule has 0 aromatic carbocycles. The van der Waals surface area contributed by atoms with Gasteiger partial charge in [0.05, 0.1) is 6.04 Å². The van der Waals surface area contributed by atoms with Crippen LogP contribution in [0.2, 0.25) is 0 Å². The molecule has 2 aromatic heterocycles. The van der Waals surface area contributed by atoms with Crippen molar-refractivity contribution in [3.05, 3.63) is 51.5 Å². The molecule has 2 N–H and O–H groups in total. The monoisotopic (exact) mass is 218 g/mol. The third kappa shape index (κ3) is 2.08. The van der Waals surface area contributed by atoms with Gasteiger partial charge in [0.25, 0.3) is 0 Å². The highest BCUT2D eigenvalue weighted by Crippen LogP contribution is 2.25. The van der Waals surface area contributed by atoms with Gasteiger partial charge in [-0.25, -0.2) is 0 Å². The lowest BCUT2D eigenvalue weighted by molar-refractivity contribution is 0.862. The number of aryl methyl sites for hydroxylation is 2. The van der Waals surface area contributed by atoms with Gasteiger partial charge in [-0.3, -0.25) is 4.98 Å². The van der Waals surface area contributed by atoms with E-state index in [2.05, 4.69) is 17.1 Å². The maximum Gasteiger partial charge on any atom is 0.0663 e. The quantitative estimate of drug-likeness (QED) is 0.841. The van der Waals surface area contributed by atoms with Crippen LogP contribution in [0.4, 0.5) is 0 Å². The van der Waals surface area contributed by atoms with Gasteiger partial charge in [-0.15, -0.1) is 11.3 Å². The number of hydrogen-bond acceptors (Lipinski definition) is 3. The largest absolute Gasteiger partial charge is 0.320 e. The SMILES string of the molecule is Cc1ccc(C(N)c2cccs2)c(C)n1. The lowest BCUT2D eigenvalue weighted by Crippen LogP contribution is -2.12. The van der Waals surface area contributed by atoms with Crippen LogP contribution in [0.15, 0.2) is 29.6 Å². The topological polar surface area (TPSA) is 38.9 Å². The molecule has 2 nitrogen and oxygen atoms in total. The van der Waals surface area contributed by atoms with E-state index >= 15 is 0 Å². The Morgan fingerprint density at radius 3 is 2.67 bits per heavy atom. The van der Waals surface area contributed by atoms with Gasteiger partial charge >= 0.3 is 0 Å². The van der Waals surface area contributed by atoms with Crippen LogP contribution < -0.4 is 5.73 Å². The second-order valence-corrected chi connectivity index (χ2v) is 4.60. The first kappa shape index (κ1) is 10.3. The predicted octanol–water partition coefficient (Wildman–Crippen LogP) is 2.81. The Morgan fingerprint density at radius 2 is 2.07 bits per heavy atom. The third-order valence-electron chi connectivity index (χ3n) is 2.45. The number of hydrogen-bond donors (Lipinski definition) is 1. The van der Waals surface area contributed by atoms with Crippen molar-refractivity contribution < 1.29 is 0 Å². The fraction of sp³-hybridized carbons (Fsp3) is 0.250. The molecule has 0 aliphatic carbocycles. The number of nitrogens with two attached hydrogens (primary N) is 1. The third-order valence-corrected chi connectivity index (χ3v) is 3.41. The maximum atomic E-state index is 6.18. The molecule has 0 radical (unpaired) electrons. The van der Waals surface area contributed by atoms with Gasteiger partial charge in [0, 0.05) is 16.3 Å². The van der Waals surface area contributed by atoms with E-state index in [1.165, 1.54) is 4.88 Å². The zero-order valence-corrected chi connectivity index (χ0v) is 9.71. The van der Waals surface area contributed by atoms with E-state index in [1.54, 1.807) is 11.3 Å². The second kappa shape index (κ2) is 4.13. The van der Waals surface area contributed by atoms with Crippen molar-refractivity contribution in [3.63, 3.8) is 0 Å². The van der Waals surface area contributed by atoms with Crippen molar-refractivity contribution in [1.29, 1.82) is 0 Å². The molecule has 0 saturated heterocycles. The van der Waals surface area contributed by atoms with Gasteiger partial charge in [-0.2, -0.15) is 0 Å². The van der Waals surface area contributed by atoms with Crippen LogP contribution in [0.3, 0.4) is 0 Å². The maximum absolute atomic E-state index is 6.18. The molecule has 2 aromatic rings. The Bertz CT molecular complexity index is 449. The second-order valence-electron chi connectivity index (χ2n) is 3.62. The summed E-state index contributed by atoms with van der Waals surface area (Å²) in [5, 5.41) is 2.05. The highest BCUT2D eigenvalue weighted by molar-refractivity contribution is 7.10.